The number of aromatic nitrogens is 4. The number of aliphatic hydroxyl groups is 1. The number of nitrogens with one attached hydrogen (secondary N) is 1. The summed E-state index contributed by atoms with van der Waals surface area (Å²) in [5.74, 6) is 0.550. The first kappa shape index (κ1) is 20.1. The number of hydrogen-bond acceptors (Lipinski definition) is 11. The van der Waals surface area contributed by atoms with E-state index in [1.165, 1.54) is 6.33 Å². The van der Waals surface area contributed by atoms with E-state index in [1.54, 1.807) is 4.57 Å². The van der Waals surface area contributed by atoms with Gasteiger partial charge in [-0.05, 0) is 12.8 Å². The maximum atomic E-state index is 11.8. The molecule has 3 fully saturated rings. The molecule has 0 aromatic carbocycles. The van der Waals surface area contributed by atoms with E-state index in [-0.39, 0.29) is 24.5 Å². The summed E-state index contributed by atoms with van der Waals surface area (Å²) in [6.07, 6.45) is 1.12. The zero-order valence-electron chi connectivity index (χ0n) is 16.0. The molecule has 7 atom stereocenters. The highest BCUT2D eigenvalue weighted by Crippen LogP contribution is 2.53. The first-order chi connectivity index (χ1) is 14.3. The summed E-state index contributed by atoms with van der Waals surface area (Å²) in [6.45, 7) is -0.188. The molecule has 2 aromatic heterocycles. The van der Waals surface area contributed by atoms with Gasteiger partial charge in [-0.3, -0.25) is 13.6 Å². The van der Waals surface area contributed by atoms with E-state index in [0.717, 1.165) is 25.7 Å². The monoisotopic (exact) mass is 441 g/mol. The fourth-order valence-electron chi connectivity index (χ4n) is 4.32. The summed E-state index contributed by atoms with van der Waals surface area (Å²) in [7, 11) is -4.24. The van der Waals surface area contributed by atoms with Gasteiger partial charge < -0.3 is 31.5 Å². The van der Waals surface area contributed by atoms with Crippen LogP contribution in [-0.4, -0.2) is 66.5 Å². The Bertz CT molecular complexity index is 1000. The van der Waals surface area contributed by atoms with Crippen LogP contribution >= 0.6 is 7.82 Å². The number of nitrogens with two attached hydrogens (primary N) is 2. The van der Waals surface area contributed by atoms with Gasteiger partial charge in [0.1, 0.15) is 24.6 Å². The van der Waals surface area contributed by atoms with Crippen LogP contribution in [-0.2, 0) is 18.3 Å². The molecule has 14 heteroatoms. The lowest BCUT2D eigenvalue weighted by Gasteiger charge is -2.30. The second-order valence-corrected chi connectivity index (χ2v) is 9.23. The minimum Gasteiger partial charge on any atom is -0.386 e. The van der Waals surface area contributed by atoms with Crippen molar-refractivity contribution in [2.24, 2.45) is 5.73 Å². The molecule has 0 spiro atoms. The van der Waals surface area contributed by atoms with Gasteiger partial charge >= 0.3 is 7.82 Å². The molecule has 4 heterocycles. The van der Waals surface area contributed by atoms with Crippen LogP contribution in [0.3, 0.4) is 0 Å². The molecule has 0 bridgehead atoms. The molecule has 5 rings (SSSR count). The van der Waals surface area contributed by atoms with Crippen LogP contribution in [0.5, 0.6) is 0 Å². The van der Waals surface area contributed by atoms with Crippen LogP contribution in [0.25, 0.3) is 11.2 Å². The predicted octanol–water partition coefficient (Wildman–Crippen LogP) is -0.136. The summed E-state index contributed by atoms with van der Waals surface area (Å²) in [4.78, 5) is 22.4. The van der Waals surface area contributed by atoms with Gasteiger partial charge in [0.05, 0.1) is 6.61 Å². The van der Waals surface area contributed by atoms with Gasteiger partial charge in [0.15, 0.2) is 23.2 Å². The molecule has 0 radical (unpaired) electrons. The van der Waals surface area contributed by atoms with Crippen molar-refractivity contribution in [2.75, 3.05) is 17.7 Å². The van der Waals surface area contributed by atoms with Crippen LogP contribution < -0.4 is 16.8 Å². The van der Waals surface area contributed by atoms with Crippen molar-refractivity contribution >= 4 is 30.8 Å². The average molecular weight is 441 g/mol. The van der Waals surface area contributed by atoms with Gasteiger partial charge in [0.25, 0.3) is 0 Å². The van der Waals surface area contributed by atoms with Gasteiger partial charge in [-0.15, -0.1) is 0 Å². The molecule has 2 aliphatic heterocycles. The number of nitrogens with zero attached hydrogens (tertiary/aromatic N) is 4. The maximum Gasteiger partial charge on any atom is 0.472 e. The van der Waals surface area contributed by atoms with Crippen molar-refractivity contribution < 1.29 is 28.3 Å². The number of rotatable bonds is 3. The first-order valence-corrected chi connectivity index (χ1v) is 11.3. The van der Waals surface area contributed by atoms with Crippen molar-refractivity contribution in [3.8, 4) is 0 Å². The van der Waals surface area contributed by atoms with Crippen molar-refractivity contribution in [3.63, 3.8) is 0 Å². The molecule has 2 saturated heterocycles. The lowest BCUT2D eigenvalue weighted by molar-refractivity contribution is -0.0660. The lowest BCUT2D eigenvalue weighted by atomic mass is 9.91. The Balaban J connectivity index is 1.54. The van der Waals surface area contributed by atoms with E-state index in [0.29, 0.717) is 17.1 Å². The number of ether oxygens (including phenoxy) is 1. The fraction of sp³-hybridized carbons (Fsp3) is 0.688. The molecule has 1 aliphatic carbocycles. The molecule has 30 heavy (non-hydrogen) atoms. The Morgan fingerprint density at radius 2 is 2.10 bits per heavy atom. The van der Waals surface area contributed by atoms with Gasteiger partial charge in [0, 0.05) is 12.1 Å². The summed E-state index contributed by atoms with van der Waals surface area (Å²) < 4.78 is 29.2. The Morgan fingerprint density at radius 3 is 2.90 bits per heavy atom. The van der Waals surface area contributed by atoms with Crippen molar-refractivity contribution in [3.05, 3.63) is 6.33 Å². The minimum absolute atomic E-state index is 0.0263. The number of aliphatic hydroxyl groups excluding tert-OH is 1. The number of fused-ring (bicyclic) bond motifs is 2. The Labute approximate surface area is 171 Å². The highest BCUT2D eigenvalue weighted by Gasteiger charge is 2.53. The van der Waals surface area contributed by atoms with E-state index in [2.05, 4.69) is 20.3 Å². The first-order valence-electron chi connectivity index (χ1n) is 9.84. The quantitative estimate of drug-likeness (QED) is 0.397. The third-order valence-electron chi connectivity index (χ3n) is 5.86. The van der Waals surface area contributed by atoms with Crippen LogP contribution in [0.4, 0.5) is 11.8 Å². The summed E-state index contributed by atoms with van der Waals surface area (Å²) in [6, 6.07) is -0.0778. The van der Waals surface area contributed by atoms with Crippen LogP contribution in [0.1, 0.15) is 31.9 Å². The minimum atomic E-state index is -4.24. The predicted molar refractivity (Wildman–Crippen MR) is 104 cm³/mol. The van der Waals surface area contributed by atoms with Gasteiger partial charge in [-0.25, -0.2) is 19.5 Å². The molecular formula is C16H24N7O6P. The second kappa shape index (κ2) is 7.38. The Hall–Kier alpha value is -1.86. The number of hydrogen-bond donors (Lipinski definition) is 5. The fourth-order valence-corrected chi connectivity index (χ4v) is 5.29. The Kier molecular flexibility index (Phi) is 4.93. The van der Waals surface area contributed by atoms with Gasteiger partial charge in [-0.2, -0.15) is 0 Å². The zero-order valence-corrected chi connectivity index (χ0v) is 16.9. The van der Waals surface area contributed by atoms with Crippen molar-refractivity contribution in [1.82, 2.24) is 19.5 Å². The van der Waals surface area contributed by atoms with E-state index in [4.69, 9.17) is 25.3 Å². The number of nitrogen functional groups attached to an aromatic ring is 1. The highest BCUT2D eigenvalue weighted by molar-refractivity contribution is 7.47. The largest absolute Gasteiger partial charge is 0.472 e. The van der Waals surface area contributed by atoms with Crippen LogP contribution in [0.15, 0.2) is 6.33 Å². The molecule has 7 N–H and O–H groups in total. The summed E-state index contributed by atoms with van der Waals surface area (Å²) in [5.41, 5.74) is 13.0. The SMILES string of the molecule is Nc1ncnc2c1nc(N[C@@H]1CCCC[C@H]1N)n2[C@@H]1O[C@@H]2COP(=O)(O)O[C@H]2[C@H]1O. The molecule has 0 amide bonds. The third-order valence-corrected chi connectivity index (χ3v) is 6.85. The molecule has 1 saturated carbocycles. The maximum absolute atomic E-state index is 11.8. The Morgan fingerprint density at radius 1 is 1.30 bits per heavy atom. The van der Waals surface area contributed by atoms with Crippen molar-refractivity contribution in [1.29, 1.82) is 0 Å². The summed E-state index contributed by atoms with van der Waals surface area (Å²) in [5, 5.41) is 14.2. The molecule has 164 valence electrons. The van der Waals surface area contributed by atoms with Crippen molar-refractivity contribution in [2.45, 2.75) is 62.3 Å². The average Bonchev–Trinajstić information content (AvgIpc) is 3.21. The van der Waals surface area contributed by atoms with E-state index in [1.807, 2.05) is 0 Å². The van der Waals surface area contributed by atoms with E-state index >= 15 is 0 Å². The number of imidazole rings is 1. The summed E-state index contributed by atoms with van der Waals surface area (Å²) >= 11 is 0. The third kappa shape index (κ3) is 3.36. The molecule has 13 nitrogen and oxygen atoms in total. The standard InChI is InChI=1S/C16H24N7O6P/c17-7-3-1-2-4-8(7)21-16-22-10-13(18)19-6-20-14(10)23(16)15-11(24)12-9(28-15)5-27-30(25,26)29-12/h6-9,11-12,15,24H,1-5,17H2,(H,21,22)(H,25,26)(H2,18,19,20)/t7-,8-,9-,11-,12-,15-/m1/s1. The van der Waals surface area contributed by atoms with Gasteiger partial charge in [-0.1, -0.05) is 12.8 Å². The van der Waals surface area contributed by atoms with Crippen LogP contribution in [0, 0.1) is 0 Å². The van der Waals surface area contributed by atoms with Gasteiger partial charge in [0.2, 0.25) is 5.95 Å². The molecule has 1 unspecified atom stereocenters. The molecule has 2 aromatic rings. The number of phosphoric acid groups is 1. The number of phosphoric ester groups is 1. The van der Waals surface area contributed by atoms with E-state index < -0.39 is 32.4 Å². The topological polar surface area (TPSA) is 193 Å². The molecular weight excluding hydrogens is 417 g/mol. The van der Waals surface area contributed by atoms with Crippen LogP contribution in [0.2, 0.25) is 0 Å². The van der Waals surface area contributed by atoms with E-state index in [9.17, 15) is 14.6 Å². The lowest BCUT2D eigenvalue weighted by Crippen LogP contribution is -2.43. The normalized spacial score (nSPS) is 39.2. The smallest absolute Gasteiger partial charge is 0.386 e. The second-order valence-electron chi connectivity index (χ2n) is 7.83. The zero-order chi connectivity index (χ0) is 21.0. The number of anilines is 2. The molecule has 3 aliphatic rings. The highest BCUT2D eigenvalue weighted by atomic mass is 31.2.